The number of carbonyl (C=O) groups excluding carboxylic acids is 1. The van der Waals surface area contributed by atoms with Gasteiger partial charge in [-0.15, -0.1) is 0 Å². The van der Waals surface area contributed by atoms with Gasteiger partial charge in [-0.2, -0.15) is 0 Å². The number of aliphatic hydroxyl groups is 1. The Bertz CT molecular complexity index is 1470. The number of amides is 1. The van der Waals surface area contributed by atoms with Crippen molar-refractivity contribution in [3.05, 3.63) is 102 Å². The molecule has 0 atom stereocenters. The molecule has 0 radical (unpaired) electrons. The zero-order valence-electron chi connectivity index (χ0n) is 16.8. The number of rotatable bonds is 5. The highest BCUT2D eigenvalue weighted by atomic mass is 19.1. The minimum atomic E-state index is -0.406. The van der Waals surface area contributed by atoms with Crippen LogP contribution in [-0.2, 0) is 13.2 Å². The Hall–Kier alpha value is -4.04. The van der Waals surface area contributed by atoms with Crippen LogP contribution in [-0.4, -0.2) is 25.0 Å². The smallest absolute Gasteiger partial charge is 0.272 e. The van der Waals surface area contributed by atoms with E-state index in [9.17, 15) is 18.7 Å². The van der Waals surface area contributed by atoms with E-state index in [1.165, 1.54) is 24.3 Å². The molecule has 2 aromatic carbocycles. The molecule has 0 fully saturated rings. The number of imidazole rings is 1. The number of halogens is 2. The molecule has 3 aromatic heterocycles. The van der Waals surface area contributed by atoms with E-state index in [-0.39, 0.29) is 19.0 Å². The van der Waals surface area contributed by atoms with E-state index >= 15 is 0 Å². The number of nitrogens with one attached hydrogen (secondary N) is 1. The highest BCUT2D eigenvalue weighted by molar-refractivity contribution is 6.06. The van der Waals surface area contributed by atoms with Crippen molar-refractivity contribution in [3.8, 4) is 0 Å². The summed E-state index contributed by atoms with van der Waals surface area (Å²) in [6, 6.07) is 15.5. The monoisotopic (exact) mass is 432 g/mol. The van der Waals surface area contributed by atoms with E-state index in [0.29, 0.717) is 39.2 Å². The molecule has 8 heteroatoms. The normalized spacial score (nSPS) is 11.3. The van der Waals surface area contributed by atoms with Crippen molar-refractivity contribution >= 4 is 28.1 Å². The molecule has 1 amide bonds. The molecule has 2 N–H and O–H groups in total. The molecule has 0 aliphatic carbocycles. The van der Waals surface area contributed by atoms with Gasteiger partial charge in [0, 0.05) is 41.6 Å². The van der Waals surface area contributed by atoms with E-state index < -0.39 is 11.7 Å². The Morgan fingerprint density at radius 1 is 1.03 bits per heavy atom. The summed E-state index contributed by atoms with van der Waals surface area (Å²) in [6.07, 6.45) is 3.43. The zero-order chi connectivity index (χ0) is 22.2. The number of benzene rings is 2. The van der Waals surface area contributed by atoms with E-state index in [2.05, 4.69) is 10.3 Å². The second kappa shape index (κ2) is 7.90. The first-order chi connectivity index (χ1) is 15.5. The van der Waals surface area contributed by atoms with Gasteiger partial charge in [-0.1, -0.05) is 12.1 Å². The fourth-order valence-electron chi connectivity index (χ4n) is 3.80. The average molecular weight is 432 g/mol. The topological polar surface area (TPSA) is 71.6 Å². The Kier molecular flexibility index (Phi) is 4.91. The van der Waals surface area contributed by atoms with Crippen molar-refractivity contribution in [1.29, 1.82) is 0 Å². The maximum absolute atomic E-state index is 13.8. The SMILES string of the molecule is O=C(Nc1ccn2cc(CO)nc2c1)c1cc2cc(F)ccc2n1Cc1cccc(F)c1. The summed E-state index contributed by atoms with van der Waals surface area (Å²) >= 11 is 0. The lowest BCUT2D eigenvalue weighted by Gasteiger charge is -2.12. The second-order valence-corrected chi connectivity index (χ2v) is 7.47. The second-order valence-electron chi connectivity index (χ2n) is 7.47. The van der Waals surface area contributed by atoms with Crippen LogP contribution < -0.4 is 5.32 Å². The summed E-state index contributed by atoms with van der Waals surface area (Å²) in [7, 11) is 0. The van der Waals surface area contributed by atoms with E-state index in [4.69, 9.17) is 0 Å². The molecule has 0 saturated carbocycles. The number of hydrogen-bond acceptors (Lipinski definition) is 3. The zero-order valence-corrected chi connectivity index (χ0v) is 16.8. The highest BCUT2D eigenvalue weighted by Crippen LogP contribution is 2.24. The van der Waals surface area contributed by atoms with Crippen LogP contribution >= 0.6 is 0 Å². The van der Waals surface area contributed by atoms with Crippen LogP contribution in [0.2, 0.25) is 0 Å². The van der Waals surface area contributed by atoms with Gasteiger partial charge in [-0.05, 0) is 48.0 Å². The standard InChI is InChI=1S/C24H18F2N4O2/c25-17-3-1-2-15(8-17)12-30-21-5-4-18(26)9-16(21)10-22(30)24(32)28-19-6-7-29-13-20(14-31)27-23(29)11-19/h1-11,13,31H,12,14H2,(H,28,32). The lowest BCUT2D eigenvalue weighted by molar-refractivity contribution is 0.101. The highest BCUT2D eigenvalue weighted by Gasteiger charge is 2.17. The van der Waals surface area contributed by atoms with Crippen LogP contribution in [0.1, 0.15) is 21.7 Å². The average Bonchev–Trinajstić information content (AvgIpc) is 3.34. The van der Waals surface area contributed by atoms with Crippen LogP contribution in [0.4, 0.5) is 14.5 Å². The van der Waals surface area contributed by atoms with Gasteiger partial charge >= 0.3 is 0 Å². The first-order valence-corrected chi connectivity index (χ1v) is 9.93. The number of nitrogens with zero attached hydrogens (tertiary/aromatic N) is 3. The van der Waals surface area contributed by atoms with Crippen molar-refractivity contribution in [2.24, 2.45) is 0 Å². The Morgan fingerprint density at radius 2 is 1.88 bits per heavy atom. The maximum Gasteiger partial charge on any atom is 0.272 e. The van der Waals surface area contributed by atoms with Crippen LogP contribution in [0, 0.1) is 11.6 Å². The third-order valence-corrected chi connectivity index (χ3v) is 5.26. The van der Waals surface area contributed by atoms with Gasteiger partial charge in [0.05, 0.1) is 12.3 Å². The molecular formula is C24H18F2N4O2. The summed E-state index contributed by atoms with van der Waals surface area (Å²) in [5.74, 6) is -1.17. The first-order valence-electron chi connectivity index (χ1n) is 9.93. The molecule has 5 rings (SSSR count). The third kappa shape index (κ3) is 3.72. The number of aromatic nitrogens is 3. The molecule has 32 heavy (non-hydrogen) atoms. The van der Waals surface area contributed by atoms with Crippen molar-refractivity contribution in [1.82, 2.24) is 14.0 Å². The fourth-order valence-corrected chi connectivity index (χ4v) is 3.80. The maximum atomic E-state index is 13.8. The summed E-state index contributed by atoms with van der Waals surface area (Å²) in [5, 5.41) is 12.7. The molecular weight excluding hydrogens is 414 g/mol. The minimum absolute atomic E-state index is 0.180. The third-order valence-electron chi connectivity index (χ3n) is 5.26. The van der Waals surface area contributed by atoms with E-state index in [1.54, 1.807) is 57.8 Å². The number of aliphatic hydroxyl groups excluding tert-OH is 1. The Balaban J connectivity index is 1.52. The largest absolute Gasteiger partial charge is 0.390 e. The molecule has 0 aliphatic heterocycles. The lowest BCUT2D eigenvalue weighted by Crippen LogP contribution is -2.17. The number of pyridine rings is 1. The molecule has 0 aliphatic rings. The van der Waals surface area contributed by atoms with Gasteiger partial charge in [0.1, 0.15) is 23.0 Å². The molecule has 160 valence electrons. The van der Waals surface area contributed by atoms with Crippen LogP contribution in [0.3, 0.4) is 0 Å². The number of hydrogen-bond donors (Lipinski definition) is 2. The summed E-state index contributed by atoms with van der Waals surface area (Å²) in [4.78, 5) is 17.5. The molecule has 3 heterocycles. The molecule has 6 nitrogen and oxygen atoms in total. The predicted octanol–water partition coefficient (Wildman–Crippen LogP) is 4.36. The molecule has 0 unspecified atom stereocenters. The van der Waals surface area contributed by atoms with Crippen molar-refractivity contribution in [3.63, 3.8) is 0 Å². The minimum Gasteiger partial charge on any atom is -0.390 e. The summed E-state index contributed by atoms with van der Waals surface area (Å²) < 4.78 is 31.0. The van der Waals surface area contributed by atoms with Crippen molar-refractivity contribution in [2.75, 3.05) is 5.32 Å². The number of fused-ring (bicyclic) bond motifs is 2. The van der Waals surface area contributed by atoms with Gasteiger partial charge in [0.25, 0.3) is 5.91 Å². The Labute approximate surface area is 181 Å². The van der Waals surface area contributed by atoms with E-state index in [0.717, 1.165) is 0 Å². The lowest BCUT2D eigenvalue weighted by atomic mass is 10.2. The summed E-state index contributed by atoms with van der Waals surface area (Å²) in [5.41, 5.74) is 3.27. The number of anilines is 1. The molecule has 5 aromatic rings. The van der Waals surface area contributed by atoms with Crippen LogP contribution in [0.5, 0.6) is 0 Å². The van der Waals surface area contributed by atoms with Crippen molar-refractivity contribution < 1.29 is 18.7 Å². The fraction of sp³-hybridized carbons (Fsp3) is 0.0833. The molecule has 0 saturated heterocycles. The molecule has 0 spiro atoms. The van der Waals surface area contributed by atoms with E-state index in [1.807, 2.05) is 0 Å². The van der Waals surface area contributed by atoms with Gasteiger partial charge in [0.2, 0.25) is 0 Å². The van der Waals surface area contributed by atoms with Crippen LogP contribution in [0.15, 0.2) is 73.1 Å². The molecule has 0 bridgehead atoms. The van der Waals surface area contributed by atoms with Crippen LogP contribution in [0.25, 0.3) is 16.6 Å². The van der Waals surface area contributed by atoms with Gasteiger partial charge < -0.3 is 19.4 Å². The van der Waals surface area contributed by atoms with Gasteiger partial charge in [-0.3, -0.25) is 4.79 Å². The van der Waals surface area contributed by atoms with Crippen molar-refractivity contribution in [2.45, 2.75) is 13.2 Å². The quantitative estimate of drug-likeness (QED) is 0.434. The van der Waals surface area contributed by atoms with Gasteiger partial charge in [-0.25, -0.2) is 13.8 Å². The predicted molar refractivity (Wildman–Crippen MR) is 116 cm³/mol. The Morgan fingerprint density at radius 3 is 2.69 bits per heavy atom. The summed E-state index contributed by atoms with van der Waals surface area (Å²) in [6.45, 7) is 0.0644. The van der Waals surface area contributed by atoms with Gasteiger partial charge in [0.15, 0.2) is 0 Å². The first kappa shape index (κ1) is 19.9. The number of carbonyl (C=O) groups is 1.